The second-order valence-electron chi connectivity index (χ2n) is 5.59. The Morgan fingerprint density at radius 2 is 1.95 bits per heavy atom. The van der Waals surface area contributed by atoms with E-state index >= 15 is 0 Å². The minimum Gasteiger partial charge on any atom is -0.366 e. The van der Waals surface area contributed by atoms with Crippen molar-refractivity contribution >= 4 is 5.69 Å². The number of nitrogens with zero attached hydrogens (tertiary/aromatic N) is 6. The molecule has 1 fully saturated rings. The van der Waals surface area contributed by atoms with Gasteiger partial charge in [0.25, 0.3) is 0 Å². The van der Waals surface area contributed by atoms with Crippen LogP contribution in [0.2, 0.25) is 0 Å². The van der Waals surface area contributed by atoms with Crippen molar-refractivity contribution in [3.05, 3.63) is 30.4 Å². The van der Waals surface area contributed by atoms with Gasteiger partial charge in [0.2, 0.25) is 0 Å². The molecule has 0 radical (unpaired) electrons. The number of piperazine rings is 1. The molecule has 21 heavy (non-hydrogen) atoms. The van der Waals surface area contributed by atoms with E-state index in [9.17, 15) is 0 Å². The molecule has 6 nitrogen and oxygen atoms in total. The van der Waals surface area contributed by atoms with Crippen molar-refractivity contribution in [1.29, 1.82) is 0 Å². The molecule has 0 atom stereocenters. The van der Waals surface area contributed by atoms with Gasteiger partial charge in [0, 0.05) is 70.8 Å². The summed E-state index contributed by atoms with van der Waals surface area (Å²) in [7, 11) is 1.97. The van der Waals surface area contributed by atoms with Gasteiger partial charge in [-0.2, -0.15) is 10.2 Å². The predicted octanol–water partition coefficient (Wildman–Crippen LogP) is 1.00. The summed E-state index contributed by atoms with van der Waals surface area (Å²) < 4.78 is 3.96. The van der Waals surface area contributed by atoms with Crippen molar-refractivity contribution in [3.63, 3.8) is 0 Å². The molecule has 0 spiro atoms. The first kappa shape index (κ1) is 14.1. The topological polar surface area (TPSA) is 42.1 Å². The molecule has 2 aromatic rings. The summed E-state index contributed by atoms with van der Waals surface area (Å²) in [4.78, 5) is 4.96. The zero-order valence-corrected chi connectivity index (χ0v) is 12.9. The Labute approximate surface area is 126 Å². The standard InChI is InChI=1S/C15H24N6/c1-3-21-14(4-6-16-21)5-7-19-8-10-20(11-9-19)15-12-17-18(2)13-15/h4,6,12-13H,3,5,7-11H2,1-2H3. The van der Waals surface area contributed by atoms with Crippen LogP contribution in [-0.2, 0) is 20.0 Å². The van der Waals surface area contributed by atoms with Gasteiger partial charge in [-0.05, 0) is 13.0 Å². The van der Waals surface area contributed by atoms with Crippen molar-refractivity contribution in [1.82, 2.24) is 24.5 Å². The van der Waals surface area contributed by atoms with E-state index in [4.69, 9.17) is 0 Å². The Morgan fingerprint density at radius 3 is 2.62 bits per heavy atom. The maximum absolute atomic E-state index is 4.33. The van der Waals surface area contributed by atoms with E-state index in [1.54, 1.807) is 0 Å². The van der Waals surface area contributed by atoms with E-state index < -0.39 is 0 Å². The molecule has 3 heterocycles. The predicted molar refractivity (Wildman–Crippen MR) is 83.5 cm³/mol. The highest BCUT2D eigenvalue weighted by Crippen LogP contribution is 2.15. The molecule has 0 bridgehead atoms. The number of rotatable bonds is 5. The zero-order chi connectivity index (χ0) is 14.7. The average Bonchev–Trinajstić information content (AvgIpc) is 3.14. The van der Waals surface area contributed by atoms with E-state index in [1.165, 1.54) is 11.4 Å². The lowest BCUT2D eigenvalue weighted by molar-refractivity contribution is 0.259. The number of hydrogen-bond donors (Lipinski definition) is 0. The molecular weight excluding hydrogens is 264 g/mol. The van der Waals surface area contributed by atoms with Crippen molar-refractivity contribution in [2.45, 2.75) is 19.9 Å². The number of aromatic nitrogens is 4. The van der Waals surface area contributed by atoms with Gasteiger partial charge in [0.15, 0.2) is 0 Å². The summed E-state index contributed by atoms with van der Waals surface area (Å²) in [5.74, 6) is 0. The summed E-state index contributed by atoms with van der Waals surface area (Å²) in [6.07, 6.45) is 7.03. The number of hydrogen-bond acceptors (Lipinski definition) is 4. The first-order valence-electron chi connectivity index (χ1n) is 7.73. The van der Waals surface area contributed by atoms with E-state index in [1.807, 2.05) is 24.1 Å². The van der Waals surface area contributed by atoms with Gasteiger partial charge in [-0.25, -0.2) is 0 Å². The summed E-state index contributed by atoms with van der Waals surface area (Å²) >= 11 is 0. The van der Waals surface area contributed by atoms with Crippen LogP contribution in [-0.4, -0.2) is 57.2 Å². The molecule has 0 N–H and O–H groups in total. The van der Waals surface area contributed by atoms with Gasteiger partial charge >= 0.3 is 0 Å². The third-order valence-corrected chi connectivity index (χ3v) is 4.22. The molecule has 0 aromatic carbocycles. The highest BCUT2D eigenvalue weighted by Gasteiger charge is 2.18. The minimum atomic E-state index is 0.955. The Hall–Kier alpha value is -1.82. The van der Waals surface area contributed by atoms with Gasteiger partial charge in [0.05, 0.1) is 11.9 Å². The lowest BCUT2D eigenvalue weighted by Crippen LogP contribution is -2.47. The Balaban J connectivity index is 1.48. The largest absolute Gasteiger partial charge is 0.366 e. The highest BCUT2D eigenvalue weighted by molar-refractivity contribution is 5.42. The molecular formula is C15H24N6. The number of anilines is 1. The van der Waals surface area contributed by atoms with Gasteiger partial charge in [-0.3, -0.25) is 14.3 Å². The molecule has 1 aliphatic heterocycles. The van der Waals surface area contributed by atoms with Crippen LogP contribution in [0.4, 0.5) is 5.69 Å². The quantitative estimate of drug-likeness (QED) is 0.823. The van der Waals surface area contributed by atoms with E-state index in [0.717, 1.165) is 45.7 Å². The van der Waals surface area contributed by atoms with E-state index in [-0.39, 0.29) is 0 Å². The Bertz CT molecular complexity index is 564. The monoisotopic (exact) mass is 288 g/mol. The van der Waals surface area contributed by atoms with Crippen LogP contribution in [0.1, 0.15) is 12.6 Å². The Morgan fingerprint density at radius 1 is 1.14 bits per heavy atom. The molecule has 0 unspecified atom stereocenters. The molecule has 2 aromatic heterocycles. The smallest absolute Gasteiger partial charge is 0.0753 e. The van der Waals surface area contributed by atoms with Gasteiger partial charge in [-0.15, -0.1) is 0 Å². The van der Waals surface area contributed by atoms with Crippen LogP contribution in [0.5, 0.6) is 0 Å². The minimum absolute atomic E-state index is 0.955. The lowest BCUT2D eigenvalue weighted by atomic mass is 10.2. The van der Waals surface area contributed by atoms with Gasteiger partial charge < -0.3 is 4.90 Å². The zero-order valence-electron chi connectivity index (χ0n) is 12.9. The highest BCUT2D eigenvalue weighted by atomic mass is 15.3. The SMILES string of the molecule is CCn1nccc1CCN1CCN(c2cnn(C)c2)CC1. The van der Waals surface area contributed by atoms with Crippen molar-refractivity contribution in [2.24, 2.45) is 7.05 Å². The van der Waals surface area contributed by atoms with Gasteiger partial charge in [-0.1, -0.05) is 0 Å². The molecule has 0 amide bonds. The fourth-order valence-electron chi connectivity index (χ4n) is 2.93. The van der Waals surface area contributed by atoms with Crippen LogP contribution in [0.3, 0.4) is 0 Å². The second-order valence-corrected chi connectivity index (χ2v) is 5.59. The van der Waals surface area contributed by atoms with Crippen LogP contribution in [0, 0.1) is 0 Å². The summed E-state index contributed by atoms with van der Waals surface area (Å²) in [6.45, 7) is 8.62. The molecule has 1 aliphatic rings. The lowest BCUT2D eigenvalue weighted by Gasteiger charge is -2.35. The molecule has 0 saturated carbocycles. The van der Waals surface area contributed by atoms with Crippen LogP contribution in [0.25, 0.3) is 0 Å². The first-order valence-corrected chi connectivity index (χ1v) is 7.73. The normalized spacial score (nSPS) is 16.6. The summed E-state index contributed by atoms with van der Waals surface area (Å²) in [5.41, 5.74) is 2.58. The van der Waals surface area contributed by atoms with Crippen LogP contribution < -0.4 is 4.90 Å². The van der Waals surface area contributed by atoms with Crippen LogP contribution in [0.15, 0.2) is 24.7 Å². The van der Waals surface area contributed by atoms with Crippen LogP contribution >= 0.6 is 0 Å². The van der Waals surface area contributed by atoms with Crippen molar-refractivity contribution in [2.75, 3.05) is 37.6 Å². The fourth-order valence-corrected chi connectivity index (χ4v) is 2.93. The molecule has 1 saturated heterocycles. The summed E-state index contributed by atoms with van der Waals surface area (Å²) in [5, 5.41) is 8.58. The third kappa shape index (κ3) is 3.26. The van der Waals surface area contributed by atoms with E-state index in [0.29, 0.717) is 0 Å². The first-order chi connectivity index (χ1) is 10.3. The maximum Gasteiger partial charge on any atom is 0.0753 e. The van der Waals surface area contributed by atoms with Gasteiger partial charge in [0.1, 0.15) is 0 Å². The number of aryl methyl sites for hydroxylation is 2. The molecule has 0 aliphatic carbocycles. The molecule has 114 valence electrons. The van der Waals surface area contributed by atoms with E-state index in [2.05, 4.69) is 43.9 Å². The fraction of sp³-hybridized carbons (Fsp3) is 0.600. The molecule has 3 rings (SSSR count). The van der Waals surface area contributed by atoms with Crippen molar-refractivity contribution < 1.29 is 0 Å². The Kier molecular flexibility index (Phi) is 4.24. The maximum atomic E-state index is 4.33. The third-order valence-electron chi connectivity index (χ3n) is 4.22. The average molecular weight is 288 g/mol. The molecule has 6 heteroatoms. The van der Waals surface area contributed by atoms with Crippen molar-refractivity contribution in [3.8, 4) is 0 Å². The summed E-state index contributed by atoms with van der Waals surface area (Å²) in [6, 6.07) is 2.13. The second kappa shape index (κ2) is 6.30.